The van der Waals surface area contributed by atoms with Crippen LogP contribution in [0.4, 0.5) is 0 Å². The Bertz CT molecular complexity index is 959. The second-order valence-electron chi connectivity index (χ2n) is 8.70. The maximum Gasteiger partial charge on any atom is 0.274 e. The van der Waals surface area contributed by atoms with Gasteiger partial charge in [0, 0.05) is 38.3 Å². The van der Waals surface area contributed by atoms with Crippen LogP contribution in [0.5, 0.6) is 0 Å². The van der Waals surface area contributed by atoms with Crippen LogP contribution < -0.4 is 0 Å². The third kappa shape index (κ3) is 4.92. The van der Waals surface area contributed by atoms with Crippen molar-refractivity contribution in [2.45, 2.75) is 52.4 Å². The average molecular weight is 444 g/mol. The Morgan fingerprint density at radius 3 is 2.39 bits per heavy atom. The minimum Gasteiger partial charge on any atom is -0.339 e. The van der Waals surface area contributed by atoms with Crippen LogP contribution in [-0.2, 0) is 4.79 Å². The molecule has 0 N–H and O–H groups in total. The summed E-state index contributed by atoms with van der Waals surface area (Å²) in [6.07, 6.45) is 6.75. The molecule has 0 bridgehead atoms. The van der Waals surface area contributed by atoms with Gasteiger partial charge in [-0.05, 0) is 44.4 Å². The molecule has 0 radical (unpaired) electrons. The van der Waals surface area contributed by atoms with Crippen LogP contribution in [0.1, 0.15) is 60.4 Å². The Kier molecular flexibility index (Phi) is 6.60. The van der Waals surface area contributed by atoms with Crippen LogP contribution in [0.25, 0.3) is 5.82 Å². The lowest BCUT2D eigenvalue weighted by Gasteiger charge is -2.35. The number of piperazine rings is 1. The minimum atomic E-state index is -0.202. The summed E-state index contributed by atoms with van der Waals surface area (Å²) in [6.45, 7) is 5.97. The molecule has 2 fully saturated rings. The third-order valence-electron chi connectivity index (χ3n) is 6.42. The molecule has 1 saturated carbocycles. The number of amides is 2. The predicted molar refractivity (Wildman–Crippen MR) is 120 cm³/mol. The molecule has 2 aromatic heterocycles. The Labute approximate surface area is 188 Å². The van der Waals surface area contributed by atoms with Crippen LogP contribution in [0.15, 0.2) is 18.2 Å². The average Bonchev–Trinajstić information content (AvgIpc) is 3.41. The maximum atomic E-state index is 13.1. The first-order valence-corrected chi connectivity index (χ1v) is 11.6. The summed E-state index contributed by atoms with van der Waals surface area (Å²) in [5, 5.41) is 4.76. The summed E-state index contributed by atoms with van der Waals surface area (Å²) < 4.78 is 1.71. The van der Waals surface area contributed by atoms with Crippen molar-refractivity contribution in [1.82, 2.24) is 24.6 Å². The Morgan fingerprint density at radius 1 is 1.06 bits per heavy atom. The molecule has 0 aromatic carbocycles. The topological polar surface area (TPSA) is 71.3 Å². The number of pyridine rings is 1. The van der Waals surface area contributed by atoms with Crippen molar-refractivity contribution in [3.63, 3.8) is 0 Å². The van der Waals surface area contributed by atoms with Gasteiger partial charge in [0.2, 0.25) is 5.91 Å². The van der Waals surface area contributed by atoms with Crippen LogP contribution in [0.3, 0.4) is 0 Å². The molecule has 2 aliphatic rings. The first-order chi connectivity index (χ1) is 14.9. The van der Waals surface area contributed by atoms with Gasteiger partial charge in [0.05, 0.1) is 10.7 Å². The number of halogens is 1. The molecule has 2 amide bonds. The van der Waals surface area contributed by atoms with Crippen molar-refractivity contribution in [2.24, 2.45) is 5.92 Å². The van der Waals surface area contributed by atoms with E-state index in [2.05, 4.69) is 10.1 Å². The van der Waals surface area contributed by atoms with Crippen molar-refractivity contribution in [3.05, 3.63) is 40.3 Å². The number of carbonyl (C=O) groups excluding carboxylic acids is 2. The molecular weight excluding hydrogens is 414 g/mol. The molecule has 1 aliphatic carbocycles. The van der Waals surface area contributed by atoms with Crippen molar-refractivity contribution < 1.29 is 9.59 Å². The zero-order chi connectivity index (χ0) is 22.0. The second-order valence-corrected chi connectivity index (χ2v) is 9.11. The van der Waals surface area contributed by atoms with Gasteiger partial charge >= 0.3 is 0 Å². The van der Waals surface area contributed by atoms with Gasteiger partial charge in [-0.3, -0.25) is 9.59 Å². The molecule has 7 nitrogen and oxygen atoms in total. The van der Waals surface area contributed by atoms with E-state index in [1.165, 1.54) is 25.7 Å². The van der Waals surface area contributed by atoms with Crippen LogP contribution in [0, 0.1) is 19.8 Å². The highest BCUT2D eigenvalue weighted by Crippen LogP contribution is 2.29. The first-order valence-electron chi connectivity index (χ1n) is 11.2. The lowest BCUT2D eigenvalue weighted by atomic mass is 10.0. The van der Waals surface area contributed by atoms with Crippen LogP contribution in [0.2, 0.25) is 5.02 Å². The van der Waals surface area contributed by atoms with E-state index in [-0.39, 0.29) is 17.5 Å². The fraction of sp³-hybridized carbons (Fsp3) is 0.565. The van der Waals surface area contributed by atoms with E-state index in [9.17, 15) is 9.59 Å². The van der Waals surface area contributed by atoms with E-state index in [4.69, 9.17) is 11.6 Å². The maximum absolute atomic E-state index is 13.1. The molecule has 1 aliphatic heterocycles. The van der Waals surface area contributed by atoms with Crippen LogP contribution >= 0.6 is 11.6 Å². The fourth-order valence-electron chi connectivity index (χ4n) is 4.65. The summed E-state index contributed by atoms with van der Waals surface area (Å²) >= 11 is 6.32. The number of carbonyl (C=O) groups is 2. The second kappa shape index (κ2) is 9.39. The van der Waals surface area contributed by atoms with Gasteiger partial charge in [-0.25, -0.2) is 9.67 Å². The summed E-state index contributed by atoms with van der Waals surface area (Å²) in [5.74, 6) is 1.29. The summed E-state index contributed by atoms with van der Waals surface area (Å²) in [6, 6.07) is 5.41. The molecule has 31 heavy (non-hydrogen) atoms. The van der Waals surface area contributed by atoms with E-state index in [1.807, 2.05) is 24.8 Å². The standard InChI is InChI=1S/C23H30ClN5O2/c1-16-15-17(2)29(26-16)20-9-8-19(24)22(25-20)23(31)28-13-11-27(12-14-28)21(30)10-7-18-5-3-4-6-18/h8-9,15,18H,3-7,10-14H2,1-2H3. The number of rotatable bonds is 5. The predicted octanol–water partition coefficient (Wildman–Crippen LogP) is 3.79. The number of hydrogen-bond acceptors (Lipinski definition) is 4. The third-order valence-corrected chi connectivity index (χ3v) is 6.73. The van der Waals surface area contributed by atoms with E-state index in [0.29, 0.717) is 43.4 Å². The van der Waals surface area contributed by atoms with Gasteiger partial charge in [-0.1, -0.05) is 37.3 Å². The van der Waals surface area contributed by atoms with E-state index in [1.54, 1.807) is 21.7 Å². The monoisotopic (exact) mass is 443 g/mol. The first kappa shape index (κ1) is 21.8. The lowest BCUT2D eigenvalue weighted by Crippen LogP contribution is -2.50. The molecule has 1 saturated heterocycles. The largest absolute Gasteiger partial charge is 0.339 e. The zero-order valence-electron chi connectivity index (χ0n) is 18.3. The summed E-state index contributed by atoms with van der Waals surface area (Å²) in [7, 11) is 0. The van der Waals surface area contributed by atoms with Crippen molar-refractivity contribution in [3.8, 4) is 5.82 Å². The molecule has 2 aromatic rings. The molecule has 3 heterocycles. The molecule has 0 unspecified atom stereocenters. The molecule has 0 atom stereocenters. The van der Waals surface area contributed by atoms with Gasteiger partial charge < -0.3 is 9.80 Å². The number of nitrogens with zero attached hydrogens (tertiary/aromatic N) is 5. The van der Waals surface area contributed by atoms with Gasteiger partial charge in [-0.15, -0.1) is 0 Å². The van der Waals surface area contributed by atoms with Crippen molar-refractivity contribution in [1.29, 1.82) is 0 Å². The Balaban J connectivity index is 1.37. The highest BCUT2D eigenvalue weighted by Gasteiger charge is 2.27. The molecular formula is C23H30ClN5O2. The highest BCUT2D eigenvalue weighted by molar-refractivity contribution is 6.33. The number of aryl methyl sites for hydroxylation is 2. The van der Waals surface area contributed by atoms with Crippen LogP contribution in [-0.4, -0.2) is 62.6 Å². The van der Waals surface area contributed by atoms with Crippen molar-refractivity contribution in [2.75, 3.05) is 26.2 Å². The molecule has 166 valence electrons. The Hall–Kier alpha value is -2.41. The normalized spacial score (nSPS) is 17.4. The van der Waals surface area contributed by atoms with Crippen molar-refractivity contribution >= 4 is 23.4 Å². The molecule has 0 spiro atoms. The summed E-state index contributed by atoms with van der Waals surface area (Å²) in [4.78, 5) is 33.8. The van der Waals surface area contributed by atoms with Gasteiger partial charge in [0.25, 0.3) is 5.91 Å². The summed E-state index contributed by atoms with van der Waals surface area (Å²) in [5.41, 5.74) is 2.05. The fourth-order valence-corrected chi connectivity index (χ4v) is 4.84. The minimum absolute atomic E-state index is 0.202. The smallest absolute Gasteiger partial charge is 0.274 e. The Morgan fingerprint density at radius 2 is 1.74 bits per heavy atom. The van der Waals surface area contributed by atoms with Gasteiger partial charge in [0.15, 0.2) is 5.82 Å². The molecule has 4 rings (SSSR count). The zero-order valence-corrected chi connectivity index (χ0v) is 19.1. The SMILES string of the molecule is Cc1cc(C)n(-c2ccc(Cl)c(C(=O)N3CCN(C(=O)CCC4CCCC4)CC3)n2)n1. The number of aromatic nitrogens is 3. The molecule has 8 heteroatoms. The van der Waals surface area contributed by atoms with E-state index < -0.39 is 0 Å². The highest BCUT2D eigenvalue weighted by atomic mass is 35.5. The lowest BCUT2D eigenvalue weighted by molar-refractivity contribution is -0.133. The quantitative estimate of drug-likeness (QED) is 0.704. The van der Waals surface area contributed by atoms with Gasteiger partial charge in [0.1, 0.15) is 5.69 Å². The van der Waals surface area contributed by atoms with E-state index >= 15 is 0 Å². The van der Waals surface area contributed by atoms with Gasteiger partial charge in [-0.2, -0.15) is 5.10 Å². The number of hydrogen-bond donors (Lipinski definition) is 0. The van der Waals surface area contributed by atoms with E-state index in [0.717, 1.165) is 23.7 Å².